The Morgan fingerprint density at radius 3 is 2.57 bits per heavy atom. The van der Waals surface area contributed by atoms with Crippen LogP contribution in [-0.2, 0) is 16.0 Å². The normalized spacial score (nSPS) is 14.3. The summed E-state index contributed by atoms with van der Waals surface area (Å²) in [5, 5.41) is 4.90. The second-order valence-electron chi connectivity index (χ2n) is 7.69. The van der Waals surface area contributed by atoms with Crippen LogP contribution in [0.4, 0.5) is 20.2 Å². The second kappa shape index (κ2) is 9.21. The van der Waals surface area contributed by atoms with E-state index in [0.717, 1.165) is 37.1 Å². The zero-order chi connectivity index (χ0) is 21.8. The SMILES string of the molecule is CN1CCCc2cc([C@@H](CNC(=O)C(=O)Nc3ccc(F)c(F)c3)N(C)C)ccc21. The predicted molar refractivity (Wildman–Crippen MR) is 112 cm³/mol. The van der Waals surface area contributed by atoms with Crippen LogP contribution >= 0.6 is 0 Å². The van der Waals surface area contributed by atoms with E-state index in [9.17, 15) is 18.4 Å². The first-order valence-electron chi connectivity index (χ1n) is 9.81. The van der Waals surface area contributed by atoms with Gasteiger partial charge in [0.25, 0.3) is 0 Å². The van der Waals surface area contributed by atoms with E-state index in [1.165, 1.54) is 17.3 Å². The number of nitrogens with one attached hydrogen (secondary N) is 2. The molecule has 0 saturated heterocycles. The summed E-state index contributed by atoms with van der Waals surface area (Å²) in [6.07, 6.45) is 2.11. The lowest BCUT2D eigenvalue weighted by atomic mass is 9.96. The topological polar surface area (TPSA) is 64.7 Å². The Labute approximate surface area is 174 Å². The third-order valence-electron chi connectivity index (χ3n) is 5.30. The van der Waals surface area contributed by atoms with Gasteiger partial charge in [-0.1, -0.05) is 12.1 Å². The van der Waals surface area contributed by atoms with Crippen molar-refractivity contribution in [1.82, 2.24) is 10.2 Å². The van der Waals surface area contributed by atoms with Crippen LogP contribution in [0, 0.1) is 11.6 Å². The molecule has 0 aliphatic carbocycles. The number of nitrogens with zero attached hydrogens (tertiary/aromatic N) is 2. The lowest BCUT2D eigenvalue weighted by Gasteiger charge is -2.30. The molecular formula is C22H26F2N4O2. The Balaban J connectivity index is 1.65. The number of likely N-dealkylation sites (N-methyl/N-ethyl adjacent to an activating group) is 1. The molecule has 0 radical (unpaired) electrons. The summed E-state index contributed by atoms with van der Waals surface area (Å²) >= 11 is 0. The molecule has 2 aromatic rings. The van der Waals surface area contributed by atoms with Gasteiger partial charge in [-0.25, -0.2) is 8.78 Å². The van der Waals surface area contributed by atoms with Gasteiger partial charge >= 0.3 is 11.8 Å². The molecule has 6 nitrogen and oxygen atoms in total. The van der Waals surface area contributed by atoms with Gasteiger partial charge in [0, 0.05) is 37.6 Å². The van der Waals surface area contributed by atoms with Crippen molar-refractivity contribution in [3.8, 4) is 0 Å². The molecule has 2 N–H and O–H groups in total. The van der Waals surface area contributed by atoms with Crippen molar-refractivity contribution in [2.24, 2.45) is 0 Å². The Hall–Kier alpha value is -3.00. The van der Waals surface area contributed by atoms with E-state index in [2.05, 4.69) is 34.7 Å². The minimum Gasteiger partial charge on any atom is -0.374 e. The Morgan fingerprint density at radius 1 is 1.10 bits per heavy atom. The summed E-state index contributed by atoms with van der Waals surface area (Å²) in [5.41, 5.74) is 3.56. The molecule has 8 heteroatoms. The van der Waals surface area contributed by atoms with Crippen molar-refractivity contribution < 1.29 is 18.4 Å². The van der Waals surface area contributed by atoms with Gasteiger partial charge in [-0.3, -0.25) is 9.59 Å². The zero-order valence-electron chi connectivity index (χ0n) is 17.3. The number of fused-ring (bicyclic) bond motifs is 1. The summed E-state index contributed by atoms with van der Waals surface area (Å²) < 4.78 is 26.3. The standard InChI is InChI=1S/C22H26F2N4O2/c1-27(2)20(15-6-9-19-14(11-15)5-4-10-28(19)3)13-25-21(29)22(30)26-16-7-8-17(23)18(24)12-16/h6-9,11-12,20H,4-5,10,13H2,1-3H3,(H,25,29)(H,26,30)/t20-/m1/s1. The molecule has 30 heavy (non-hydrogen) atoms. The summed E-state index contributed by atoms with van der Waals surface area (Å²) in [7, 11) is 5.89. The number of amides is 2. The minimum absolute atomic E-state index is 0.0111. The lowest BCUT2D eigenvalue weighted by Crippen LogP contribution is -2.40. The van der Waals surface area contributed by atoms with Crippen molar-refractivity contribution in [3.05, 3.63) is 59.2 Å². The molecule has 1 aliphatic heterocycles. The molecule has 1 heterocycles. The van der Waals surface area contributed by atoms with Crippen LogP contribution in [0.25, 0.3) is 0 Å². The van der Waals surface area contributed by atoms with E-state index >= 15 is 0 Å². The first-order chi connectivity index (χ1) is 14.3. The number of carbonyl (C=O) groups is 2. The van der Waals surface area contributed by atoms with Crippen molar-refractivity contribution in [3.63, 3.8) is 0 Å². The lowest BCUT2D eigenvalue weighted by molar-refractivity contribution is -0.136. The Kier molecular flexibility index (Phi) is 6.66. The molecule has 0 saturated carbocycles. The molecule has 0 bridgehead atoms. The predicted octanol–water partition coefficient (Wildman–Crippen LogP) is 2.70. The molecule has 1 aliphatic rings. The smallest absolute Gasteiger partial charge is 0.313 e. The number of hydrogen-bond acceptors (Lipinski definition) is 4. The van der Waals surface area contributed by atoms with Crippen LogP contribution in [0.2, 0.25) is 0 Å². The minimum atomic E-state index is -1.10. The van der Waals surface area contributed by atoms with Crippen molar-refractivity contribution in [2.45, 2.75) is 18.9 Å². The van der Waals surface area contributed by atoms with E-state index < -0.39 is 23.4 Å². The molecule has 1 atom stereocenters. The van der Waals surface area contributed by atoms with Crippen LogP contribution in [0.15, 0.2) is 36.4 Å². The van der Waals surface area contributed by atoms with E-state index in [0.29, 0.717) is 0 Å². The number of carbonyl (C=O) groups excluding carboxylic acids is 2. The number of benzene rings is 2. The first kappa shape index (κ1) is 21.7. The average molecular weight is 416 g/mol. The third-order valence-corrected chi connectivity index (χ3v) is 5.30. The van der Waals surface area contributed by atoms with Gasteiger partial charge in [-0.05, 0) is 56.3 Å². The number of hydrogen-bond donors (Lipinski definition) is 2. The molecule has 0 aromatic heterocycles. The molecule has 2 aromatic carbocycles. The van der Waals surface area contributed by atoms with Gasteiger partial charge in [-0.2, -0.15) is 0 Å². The summed E-state index contributed by atoms with van der Waals surface area (Å²) in [6.45, 7) is 1.26. The van der Waals surface area contributed by atoms with E-state index in [1.807, 2.05) is 25.1 Å². The van der Waals surface area contributed by atoms with Crippen LogP contribution in [0.5, 0.6) is 0 Å². The highest BCUT2D eigenvalue weighted by Gasteiger charge is 2.21. The maximum atomic E-state index is 13.3. The van der Waals surface area contributed by atoms with Gasteiger partial charge in [0.05, 0.1) is 6.04 Å². The number of anilines is 2. The van der Waals surface area contributed by atoms with Gasteiger partial charge in [0.2, 0.25) is 0 Å². The summed E-state index contributed by atoms with van der Waals surface area (Å²) in [5.74, 6) is -3.91. The zero-order valence-corrected chi connectivity index (χ0v) is 17.3. The fourth-order valence-corrected chi connectivity index (χ4v) is 3.64. The molecule has 0 fully saturated rings. The van der Waals surface area contributed by atoms with E-state index in [4.69, 9.17) is 0 Å². The fraction of sp³-hybridized carbons (Fsp3) is 0.364. The van der Waals surface area contributed by atoms with E-state index in [-0.39, 0.29) is 18.3 Å². The van der Waals surface area contributed by atoms with Gasteiger partial charge < -0.3 is 20.4 Å². The molecule has 0 unspecified atom stereocenters. The molecule has 3 rings (SSSR count). The molecule has 0 spiro atoms. The quantitative estimate of drug-likeness (QED) is 0.736. The van der Waals surface area contributed by atoms with Crippen LogP contribution < -0.4 is 15.5 Å². The Bertz CT molecular complexity index is 949. The highest BCUT2D eigenvalue weighted by molar-refractivity contribution is 6.39. The molecule has 160 valence electrons. The number of rotatable bonds is 5. The monoisotopic (exact) mass is 416 g/mol. The number of aryl methyl sites for hydroxylation is 1. The molecule has 2 amide bonds. The summed E-state index contributed by atoms with van der Waals surface area (Å²) in [6, 6.07) is 9.07. The highest BCUT2D eigenvalue weighted by Crippen LogP contribution is 2.29. The van der Waals surface area contributed by atoms with Gasteiger partial charge in [-0.15, -0.1) is 0 Å². The van der Waals surface area contributed by atoms with Crippen molar-refractivity contribution in [1.29, 1.82) is 0 Å². The van der Waals surface area contributed by atoms with Gasteiger partial charge in [0.15, 0.2) is 11.6 Å². The molecular weight excluding hydrogens is 390 g/mol. The van der Waals surface area contributed by atoms with Crippen LogP contribution in [0.1, 0.15) is 23.6 Å². The highest BCUT2D eigenvalue weighted by atomic mass is 19.2. The van der Waals surface area contributed by atoms with Crippen molar-refractivity contribution >= 4 is 23.2 Å². The first-order valence-corrected chi connectivity index (χ1v) is 9.81. The van der Waals surface area contributed by atoms with Gasteiger partial charge in [0.1, 0.15) is 0 Å². The summed E-state index contributed by atoms with van der Waals surface area (Å²) in [4.78, 5) is 28.5. The Morgan fingerprint density at radius 2 is 1.87 bits per heavy atom. The number of halogens is 2. The third kappa shape index (κ3) is 4.94. The maximum Gasteiger partial charge on any atom is 0.313 e. The van der Waals surface area contributed by atoms with Crippen LogP contribution in [-0.4, -0.2) is 50.9 Å². The van der Waals surface area contributed by atoms with Crippen LogP contribution in [0.3, 0.4) is 0 Å². The average Bonchev–Trinajstić information content (AvgIpc) is 2.70. The van der Waals surface area contributed by atoms with E-state index in [1.54, 1.807) is 0 Å². The fourth-order valence-electron chi connectivity index (χ4n) is 3.64. The maximum absolute atomic E-state index is 13.3. The van der Waals surface area contributed by atoms with Crippen molar-refractivity contribution in [2.75, 3.05) is 44.4 Å². The second-order valence-corrected chi connectivity index (χ2v) is 7.69. The largest absolute Gasteiger partial charge is 0.374 e.